The zero-order chi connectivity index (χ0) is 18.3. The highest BCUT2D eigenvalue weighted by atomic mass is 16.7. The van der Waals surface area contributed by atoms with Gasteiger partial charge in [0.05, 0.1) is 19.1 Å². The second-order valence-corrected chi connectivity index (χ2v) is 9.86. The molecule has 1 spiro atoms. The molecule has 1 saturated heterocycles. The van der Waals surface area contributed by atoms with E-state index in [1.54, 1.807) is 12.5 Å². The Balaban J connectivity index is 1.68. The lowest BCUT2D eigenvalue weighted by Gasteiger charge is -2.55. The SMILES string of the molecule is CC(=O)O[C@]12C3=C(CCCC3)[C@H]1C[C@]1(C)[C@@H](C(C)C)CC3(OCCO3)[C@@H]12. The summed E-state index contributed by atoms with van der Waals surface area (Å²) < 4.78 is 19.0. The van der Waals surface area contributed by atoms with Crippen LogP contribution in [-0.2, 0) is 19.0 Å². The topological polar surface area (TPSA) is 44.8 Å². The average Bonchev–Trinajstić information content (AvgIpc) is 3.20. The van der Waals surface area contributed by atoms with Crippen molar-refractivity contribution >= 4 is 5.97 Å². The van der Waals surface area contributed by atoms with E-state index in [9.17, 15) is 4.79 Å². The molecule has 1 heterocycles. The quantitative estimate of drug-likeness (QED) is 0.546. The van der Waals surface area contributed by atoms with Gasteiger partial charge in [0.1, 0.15) is 5.60 Å². The number of esters is 1. The van der Waals surface area contributed by atoms with Gasteiger partial charge in [0.2, 0.25) is 0 Å². The minimum Gasteiger partial charge on any atom is -0.454 e. The Labute approximate surface area is 156 Å². The van der Waals surface area contributed by atoms with Gasteiger partial charge in [-0.05, 0) is 54.9 Å². The lowest BCUT2D eigenvalue weighted by Crippen LogP contribution is -2.61. The van der Waals surface area contributed by atoms with Crippen molar-refractivity contribution in [2.24, 2.45) is 29.1 Å². The largest absolute Gasteiger partial charge is 0.454 e. The predicted octanol–water partition coefficient (Wildman–Crippen LogP) is 4.23. The third-order valence-corrected chi connectivity index (χ3v) is 8.34. The number of fused-ring (bicyclic) bond motifs is 6. The highest BCUT2D eigenvalue weighted by Crippen LogP contribution is 2.77. The monoisotopic (exact) mass is 360 g/mol. The molecule has 0 aromatic rings. The first-order valence-corrected chi connectivity index (χ1v) is 10.5. The molecule has 144 valence electrons. The van der Waals surface area contributed by atoms with Crippen molar-refractivity contribution in [3.63, 3.8) is 0 Å². The molecule has 0 bridgehead atoms. The van der Waals surface area contributed by atoms with Gasteiger partial charge in [0.25, 0.3) is 0 Å². The van der Waals surface area contributed by atoms with E-state index in [1.807, 2.05) is 0 Å². The van der Waals surface area contributed by atoms with Crippen LogP contribution in [0.25, 0.3) is 0 Å². The van der Waals surface area contributed by atoms with E-state index in [2.05, 4.69) is 20.8 Å². The molecule has 5 aliphatic rings. The Morgan fingerprint density at radius 1 is 1.15 bits per heavy atom. The van der Waals surface area contributed by atoms with Gasteiger partial charge < -0.3 is 14.2 Å². The van der Waals surface area contributed by atoms with Crippen LogP contribution in [0, 0.1) is 29.1 Å². The molecule has 2 saturated carbocycles. The zero-order valence-corrected chi connectivity index (χ0v) is 16.6. The summed E-state index contributed by atoms with van der Waals surface area (Å²) in [5.74, 6) is 0.887. The van der Waals surface area contributed by atoms with Gasteiger partial charge in [0.15, 0.2) is 5.79 Å². The standard InChI is InChI=1S/C22H32O4/c1-13(2)17-12-21(24-9-10-25-21)19-20(17,4)11-18-15-7-5-6-8-16(15)22(18,19)26-14(3)23/h13,17-19H,5-12H2,1-4H3/t17-,18-,19-,20-,22-/m1/s1. The van der Waals surface area contributed by atoms with E-state index in [0.29, 0.717) is 31.0 Å². The summed E-state index contributed by atoms with van der Waals surface area (Å²) in [5.41, 5.74) is 2.66. The van der Waals surface area contributed by atoms with Crippen molar-refractivity contribution in [1.29, 1.82) is 0 Å². The Morgan fingerprint density at radius 2 is 1.85 bits per heavy atom. The van der Waals surface area contributed by atoms with Crippen LogP contribution >= 0.6 is 0 Å². The average molecular weight is 360 g/mol. The number of ether oxygens (including phenoxy) is 3. The first kappa shape index (κ1) is 17.2. The minimum atomic E-state index is -0.566. The van der Waals surface area contributed by atoms with Crippen LogP contribution in [-0.4, -0.2) is 30.6 Å². The van der Waals surface area contributed by atoms with Crippen LogP contribution in [0.5, 0.6) is 0 Å². The fourth-order valence-electron chi connectivity index (χ4n) is 7.88. The molecule has 4 nitrogen and oxygen atoms in total. The van der Waals surface area contributed by atoms with Gasteiger partial charge in [-0.25, -0.2) is 0 Å². The first-order valence-electron chi connectivity index (χ1n) is 10.5. The van der Waals surface area contributed by atoms with Gasteiger partial charge in [-0.2, -0.15) is 0 Å². The summed E-state index contributed by atoms with van der Waals surface area (Å²) in [4.78, 5) is 12.2. The predicted molar refractivity (Wildman–Crippen MR) is 97.3 cm³/mol. The molecule has 5 rings (SSSR count). The highest BCUT2D eigenvalue weighted by molar-refractivity contribution is 5.69. The molecule has 5 atom stereocenters. The van der Waals surface area contributed by atoms with E-state index < -0.39 is 11.4 Å². The van der Waals surface area contributed by atoms with Crippen LogP contribution < -0.4 is 0 Å². The smallest absolute Gasteiger partial charge is 0.303 e. The van der Waals surface area contributed by atoms with E-state index in [4.69, 9.17) is 14.2 Å². The molecule has 0 N–H and O–H groups in total. The fourth-order valence-corrected chi connectivity index (χ4v) is 7.88. The molecule has 0 aromatic carbocycles. The van der Waals surface area contributed by atoms with E-state index >= 15 is 0 Å². The van der Waals surface area contributed by atoms with Crippen LogP contribution in [0.4, 0.5) is 0 Å². The summed E-state index contributed by atoms with van der Waals surface area (Å²) in [6.07, 6.45) is 6.80. The van der Waals surface area contributed by atoms with Gasteiger partial charge >= 0.3 is 5.97 Å². The fraction of sp³-hybridized carbons (Fsp3) is 0.864. The lowest BCUT2D eigenvalue weighted by molar-refractivity contribution is -0.237. The Bertz CT molecular complexity index is 674. The lowest BCUT2D eigenvalue weighted by atomic mass is 9.57. The van der Waals surface area contributed by atoms with E-state index in [1.165, 1.54) is 24.8 Å². The van der Waals surface area contributed by atoms with Gasteiger partial charge in [-0.3, -0.25) is 4.79 Å². The van der Waals surface area contributed by atoms with Crippen molar-refractivity contribution in [3.8, 4) is 0 Å². The third-order valence-electron chi connectivity index (χ3n) is 8.34. The summed E-state index contributed by atoms with van der Waals surface area (Å²) in [5, 5.41) is 0. The number of carbonyl (C=O) groups excluding carboxylic acids is 1. The summed E-state index contributed by atoms with van der Waals surface area (Å²) in [7, 11) is 0. The van der Waals surface area contributed by atoms with Crippen LogP contribution in [0.1, 0.15) is 66.2 Å². The van der Waals surface area contributed by atoms with Gasteiger partial charge in [0, 0.05) is 19.3 Å². The Kier molecular flexibility index (Phi) is 3.55. The van der Waals surface area contributed by atoms with Crippen molar-refractivity contribution in [3.05, 3.63) is 11.1 Å². The molecule has 4 heteroatoms. The van der Waals surface area contributed by atoms with Crippen LogP contribution in [0.15, 0.2) is 11.1 Å². The first-order chi connectivity index (χ1) is 12.4. The third kappa shape index (κ3) is 1.86. The molecule has 0 aromatic heterocycles. The number of carbonyl (C=O) groups is 1. The van der Waals surface area contributed by atoms with Gasteiger partial charge in [-0.1, -0.05) is 26.3 Å². The number of rotatable bonds is 2. The van der Waals surface area contributed by atoms with Crippen molar-refractivity contribution in [2.45, 2.75) is 77.6 Å². The van der Waals surface area contributed by atoms with E-state index in [-0.39, 0.29) is 17.3 Å². The highest BCUT2D eigenvalue weighted by Gasteiger charge is 2.80. The molecule has 0 radical (unpaired) electrons. The van der Waals surface area contributed by atoms with Crippen molar-refractivity contribution in [1.82, 2.24) is 0 Å². The Hall–Kier alpha value is -0.870. The zero-order valence-electron chi connectivity index (χ0n) is 16.6. The van der Waals surface area contributed by atoms with Crippen LogP contribution in [0.2, 0.25) is 0 Å². The summed E-state index contributed by atoms with van der Waals surface area (Å²) in [6, 6.07) is 0. The van der Waals surface area contributed by atoms with Crippen molar-refractivity contribution < 1.29 is 19.0 Å². The van der Waals surface area contributed by atoms with Crippen molar-refractivity contribution in [2.75, 3.05) is 13.2 Å². The molecule has 3 fully saturated rings. The second kappa shape index (κ2) is 5.35. The second-order valence-electron chi connectivity index (χ2n) is 9.86. The minimum absolute atomic E-state index is 0.0932. The summed E-state index contributed by atoms with van der Waals surface area (Å²) >= 11 is 0. The molecular weight excluding hydrogens is 328 g/mol. The molecule has 0 unspecified atom stereocenters. The van der Waals surface area contributed by atoms with Crippen LogP contribution in [0.3, 0.4) is 0 Å². The Morgan fingerprint density at radius 3 is 2.50 bits per heavy atom. The maximum absolute atomic E-state index is 12.2. The number of hydrogen-bond donors (Lipinski definition) is 0. The maximum Gasteiger partial charge on any atom is 0.303 e. The molecular formula is C22H32O4. The molecule has 4 aliphatic carbocycles. The molecule has 26 heavy (non-hydrogen) atoms. The summed E-state index contributed by atoms with van der Waals surface area (Å²) in [6.45, 7) is 9.97. The maximum atomic E-state index is 12.2. The number of hydrogen-bond acceptors (Lipinski definition) is 4. The van der Waals surface area contributed by atoms with Gasteiger partial charge in [-0.15, -0.1) is 0 Å². The molecule has 0 amide bonds. The normalized spacial score (nSPS) is 45.5. The van der Waals surface area contributed by atoms with E-state index in [0.717, 1.165) is 19.3 Å². The molecule has 1 aliphatic heterocycles.